The van der Waals surface area contributed by atoms with Gasteiger partial charge in [-0.15, -0.1) is 0 Å². The van der Waals surface area contributed by atoms with Crippen LogP contribution < -0.4 is 0 Å². The van der Waals surface area contributed by atoms with Gasteiger partial charge in [-0.3, -0.25) is 0 Å². The lowest BCUT2D eigenvalue weighted by Gasteiger charge is -2.20. The topological polar surface area (TPSA) is 25.8 Å². The Balaban J connectivity index is 1.95. The van der Waals surface area contributed by atoms with Crippen molar-refractivity contribution in [3.8, 4) is 0 Å². The highest BCUT2D eigenvalue weighted by Gasteiger charge is 2.14. The standard InChI is InChI=1S/C11H15ClN2/c12-11-7-10(13-8-14-11)6-9-4-2-1-3-5-9/h7-9H,1-6H2. The van der Waals surface area contributed by atoms with Crippen LogP contribution in [0.1, 0.15) is 37.8 Å². The first-order valence-electron chi connectivity index (χ1n) is 5.31. The summed E-state index contributed by atoms with van der Waals surface area (Å²) in [6.45, 7) is 0. The fourth-order valence-electron chi connectivity index (χ4n) is 2.17. The minimum atomic E-state index is 0.561. The van der Waals surface area contributed by atoms with Crippen LogP contribution in [0, 0.1) is 5.92 Å². The quantitative estimate of drug-likeness (QED) is 0.701. The summed E-state index contributed by atoms with van der Waals surface area (Å²) in [5.74, 6) is 0.815. The summed E-state index contributed by atoms with van der Waals surface area (Å²) in [4.78, 5) is 8.13. The molecule has 1 fully saturated rings. The number of hydrogen-bond donors (Lipinski definition) is 0. The zero-order chi connectivity index (χ0) is 9.80. The Bertz CT molecular complexity index is 295. The summed E-state index contributed by atoms with van der Waals surface area (Å²) in [6.07, 6.45) is 9.49. The van der Waals surface area contributed by atoms with Crippen LogP contribution in [0.4, 0.5) is 0 Å². The number of rotatable bonds is 2. The van der Waals surface area contributed by atoms with E-state index in [1.165, 1.54) is 32.1 Å². The average Bonchev–Trinajstić information content (AvgIpc) is 2.19. The van der Waals surface area contributed by atoms with Gasteiger partial charge in [-0.2, -0.15) is 0 Å². The molecule has 0 atom stereocenters. The van der Waals surface area contributed by atoms with Gasteiger partial charge in [-0.25, -0.2) is 9.97 Å². The first kappa shape index (κ1) is 9.91. The van der Waals surface area contributed by atoms with Crippen LogP contribution in [0.5, 0.6) is 0 Å². The Morgan fingerprint density at radius 1 is 1.21 bits per heavy atom. The van der Waals surface area contributed by atoms with Crippen molar-refractivity contribution < 1.29 is 0 Å². The summed E-state index contributed by atoms with van der Waals surface area (Å²) >= 11 is 5.81. The van der Waals surface area contributed by atoms with Crippen molar-refractivity contribution in [1.29, 1.82) is 0 Å². The van der Waals surface area contributed by atoms with Crippen LogP contribution in [-0.2, 0) is 6.42 Å². The van der Waals surface area contributed by atoms with Gasteiger partial charge in [0.15, 0.2) is 0 Å². The van der Waals surface area contributed by atoms with Crippen LogP contribution in [-0.4, -0.2) is 9.97 Å². The lowest BCUT2D eigenvalue weighted by Crippen LogP contribution is -2.10. The first-order valence-corrected chi connectivity index (χ1v) is 5.69. The predicted molar refractivity (Wildman–Crippen MR) is 57.3 cm³/mol. The van der Waals surface area contributed by atoms with E-state index in [4.69, 9.17) is 11.6 Å². The number of nitrogens with zero attached hydrogens (tertiary/aromatic N) is 2. The molecule has 0 saturated heterocycles. The molecule has 76 valence electrons. The van der Waals surface area contributed by atoms with Crippen molar-refractivity contribution in [2.75, 3.05) is 0 Å². The molecule has 1 saturated carbocycles. The molecule has 1 aromatic rings. The second-order valence-corrected chi connectivity index (χ2v) is 4.43. The second kappa shape index (κ2) is 4.74. The van der Waals surface area contributed by atoms with Crippen molar-refractivity contribution in [3.63, 3.8) is 0 Å². The summed E-state index contributed by atoms with van der Waals surface area (Å²) in [6, 6.07) is 1.89. The van der Waals surface area contributed by atoms with E-state index in [9.17, 15) is 0 Å². The van der Waals surface area contributed by atoms with E-state index in [0.717, 1.165) is 18.0 Å². The maximum Gasteiger partial charge on any atom is 0.132 e. The molecule has 14 heavy (non-hydrogen) atoms. The predicted octanol–water partition coefficient (Wildman–Crippen LogP) is 3.25. The molecule has 1 heterocycles. The van der Waals surface area contributed by atoms with Gasteiger partial charge in [-0.05, 0) is 18.4 Å². The molecule has 0 aromatic carbocycles. The molecule has 2 rings (SSSR count). The Labute approximate surface area is 89.7 Å². The zero-order valence-electron chi connectivity index (χ0n) is 8.25. The van der Waals surface area contributed by atoms with E-state index >= 15 is 0 Å². The van der Waals surface area contributed by atoms with E-state index in [-0.39, 0.29) is 0 Å². The molecule has 0 spiro atoms. The van der Waals surface area contributed by atoms with Crippen molar-refractivity contribution in [1.82, 2.24) is 9.97 Å². The lowest BCUT2D eigenvalue weighted by molar-refractivity contribution is 0.354. The molecule has 2 nitrogen and oxygen atoms in total. The highest BCUT2D eigenvalue weighted by molar-refractivity contribution is 6.29. The van der Waals surface area contributed by atoms with Crippen molar-refractivity contribution in [2.24, 2.45) is 5.92 Å². The Morgan fingerprint density at radius 2 is 2.00 bits per heavy atom. The van der Waals surface area contributed by atoms with Crippen LogP contribution in [0.15, 0.2) is 12.4 Å². The molecule has 1 aliphatic rings. The smallest absolute Gasteiger partial charge is 0.132 e. The van der Waals surface area contributed by atoms with Gasteiger partial charge in [0.05, 0.1) is 0 Å². The van der Waals surface area contributed by atoms with Crippen LogP contribution >= 0.6 is 11.6 Å². The molecule has 1 aliphatic carbocycles. The Kier molecular flexibility index (Phi) is 3.35. The summed E-state index contributed by atoms with van der Waals surface area (Å²) < 4.78 is 0. The zero-order valence-corrected chi connectivity index (χ0v) is 9.00. The number of hydrogen-bond acceptors (Lipinski definition) is 2. The molecule has 1 aromatic heterocycles. The van der Waals surface area contributed by atoms with Crippen LogP contribution in [0.3, 0.4) is 0 Å². The maximum absolute atomic E-state index is 5.81. The monoisotopic (exact) mass is 210 g/mol. The van der Waals surface area contributed by atoms with Crippen molar-refractivity contribution in [3.05, 3.63) is 23.2 Å². The van der Waals surface area contributed by atoms with Crippen LogP contribution in [0.2, 0.25) is 5.15 Å². The summed E-state index contributed by atoms with van der Waals surface area (Å²) in [5.41, 5.74) is 1.09. The number of aromatic nitrogens is 2. The van der Waals surface area contributed by atoms with Crippen LogP contribution in [0.25, 0.3) is 0 Å². The molecule has 0 aliphatic heterocycles. The first-order chi connectivity index (χ1) is 6.84. The third-order valence-corrected chi connectivity index (χ3v) is 3.12. The Morgan fingerprint density at radius 3 is 2.71 bits per heavy atom. The molecule has 3 heteroatoms. The van der Waals surface area contributed by atoms with E-state index < -0.39 is 0 Å². The van der Waals surface area contributed by atoms with Gasteiger partial charge in [0.25, 0.3) is 0 Å². The SMILES string of the molecule is Clc1cc(CC2CCCCC2)ncn1. The average molecular weight is 211 g/mol. The highest BCUT2D eigenvalue weighted by Crippen LogP contribution is 2.26. The molecule has 0 N–H and O–H groups in total. The largest absolute Gasteiger partial charge is 0.241 e. The van der Waals surface area contributed by atoms with E-state index in [0.29, 0.717) is 5.15 Å². The maximum atomic E-state index is 5.81. The fourth-order valence-corrected chi connectivity index (χ4v) is 2.34. The second-order valence-electron chi connectivity index (χ2n) is 4.04. The number of halogens is 1. The summed E-state index contributed by atoms with van der Waals surface area (Å²) in [7, 11) is 0. The van der Waals surface area contributed by atoms with Gasteiger partial charge in [0.2, 0.25) is 0 Å². The van der Waals surface area contributed by atoms with Gasteiger partial charge in [0.1, 0.15) is 11.5 Å². The van der Waals surface area contributed by atoms with Gasteiger partial charge in [0, 0.05) is 5.69 Å². The molecule has 0 unspecified atom stereocenters. The Hall–Kier alpha value is -0.630. The normalized spacial score (nSPS) is 18.4. The molecule has 0 radical (unpaired) electrons. The summed E-state index contributed by atoms with van der Waals surface area (Å²) in [5, 5.41) is 0.561. The van der Waals surface area contributed by atoms with E-state index in [2.05, 4.69) is 9.97 Å². The third kappa shape index (κ3) is 2.68. The minimum Gasteiger partial charge on any atom is -0.241 e. The van der Waals surface area contributed by atoms with E-state index in [1.54, 1.807) is 6.33 Å². The minimum absolute atomic E-state index is 0.561. The van der Waals surface area contributed by atoms with Gasteiger partial charge >= 0.3 is 0 Å². The molecular formula is C11H15ClN2. The molecular weight excluding hydrogens is 196 g/mol. The van der Waals surface area contributed by atoms with E-state index in [1.807, 2.05) is 6.07 Å². The van der Waals surface area contributed by atoms with Crippen molar-refractivity contribution in [2.45, 2.75) is 38.5 Å². The van der Waals surface area contributed by atoms with Gasteiger partial charge < -0.3 is 0 Å². The lowest BCUT2D eigenvalue weighted by atomic mass is 9.86. The highest BCUT2D eigenvalue weighted by atomic mass is 35.5. The third-order valence-electron chi connectivity index (χ3n) is 2.91. The fraction of sp³-hybridized carbons (Fsp3) is 0.636. The van der Waals surface area contributed by atoms with Gasteiger partial charge in [-0.1, -0.05) is 43.7 Å². The molecule has 0 amide bonds. The van der Waals surface area contributed by atoms with Crippen molar-refractivity contribution >= 4 is 11.6 Å². The molecule has 0 bridgehead atoms.